The third-order valence-electron chi connectivity index (χ3n) is 7.83. The molecule has 0 aliphatic carbocycles. The Bertz CT molecular complexity index is 1340. The number of benzene rings is 2. The predicted octanol–water partition coefficient (Wildman–Crippen LogP) is 6.94. The summed E-state index contributed by atoms with van der Waals surface area (Å²) in [6, 6.07) is 4.21. The fourth-order valence-electron chi connectivity index (χ4n) is 5.74. The molecule has 0 radical (unpaired) electrons. The normalized spacial score (nSPS) is 19.3. The van der Waals surface area contributed by atoms with Crippen molar-refractivity contribution in [2.24, 2.45) is 0 Å². The Balaban J connectivity index is 1.81. The van der Waals surface area contributed by atoms with E-state index < -0.39 is 23.5 Å². The highest BCUT2D eigenvalue weighted by molar-refractivity contribution is 6.07. The number of hydrogen-bond acceptors (Lipinski definition) is 3. The third kappa shape index (κ3) is 5.92. The molecule has 5 rings (SSSR count). The topological polar surface area (TPSA) is 60.9 Å². The molecule has 220 valence electrons. The number of rotatable bonds is 4. The van der Waals surface area contributed by atoms with Gasteiger partial charge in [-0.2, -0.15) is 26.3 Å². The maximum absolute atomic E-state index is 13.8. The molecule has 0 spiro atoms. The highest BCUT2D eigenvalue weighted by Gasteiger charge is 2.38. The molecule has 3 saturated heterocycles. The summed E-state index contributed by atoms with van der Waals surface area (Å²) >= 11 is 0. The smallest absolute Gasteiger partial charge is 0.312 e. The minimum absolute atomic E-state index is 0.0431. The van der Waals surface area contributed by atoms with Crippen molar-refractivity contribution in [2.75, 3.05) is 34.3 Å². The van der Waals surface area contributed by atoms with Crippen molar-refractivity contribution < 1.29 is 40.7 Å². The average Bonchev–Trinajstić information content (AvgIpc) is 2.92. The standard InChI is InChI=1S/C29H29F6N3O3/c30-28(31,32)19-13-18(14-20(15-19)29(33,34)35)21-16-23(37-11-5-2-8-26(37)40)24(38-12-6-3-9-27(38)41)17-22(21)36-10-4-1-7-25(36)39/h13-17H,1-12H2. The van der Waals surface area contributed by atoms with E-state index in [4.69, 9.17) is 0 Å². The maximum atomic E-state index is 13.8. The molecule has 0 bridgehead atoms. The second-order valence-electron chi connectivity index (χ2n) is 10.7. The number of amides is 3. The second kappa shape index (κ2) is 11.0. The summed E-state index contributed by atoms with van der Waals surface area (Å²) in [5.41, 5.74) is -2.72. The van der Waals surface area contributed by atoms with Crippen molar-refractivity contribution in [3.8, 4) is 11.1 Å². The van der Waals surface area contributed by atoms with E-state index in [1.54, 1.807) is 0 Å². The monoisotopic (exact) mass is 581 g/mol. The van der Waals surface area contributed by atoms with Crippen LogP contribution in [0.3, 0.4) is 0 Å². The van der Waals surface area contributed by atoms with Gasteiger partial charge in [0, 0.05) is 44.5 Å². The van der Waals surface area contributed by atoms with E-state index in [2.05, 4.69) is 0 Å². The van der Waals surface area contributed by atoms with Crippen molar-refractivity contribution in [3.63, 3.8) is 0 Å². The number of alkyl halides is 6. The molecule has 0 unspecified atom stereocenters. The van der Waals surface area contributed by atoms with Gasteiger partial charge in [0.25, 0.3) is 0 Å². The molecule has 2 aromatic carbocycles. The maximum Gasteiger partial charge on any atom is 0.416 e. The number of halogens is 6. The molecule has 3 heterocycles. The van der Waals surface area contributed by atoms with Crippen LogP contribution in [0.15, 0.2) is 30.3 Å². The van der Waals surface area contributed by atoms with E-state index in [0.29, 0.717) is 62.9 Å². The fourth-order valence-corrected chi connectivity index (χ4v) is 5.74. The van der Waals surface area contributed by atoms with Crippen LogP contribution in [0.1, 0.15) is 68.9 Å². The molecule has 3 aliphatic heterocycles. The Morgan fingerprint density at radius 3 is 1.27 bits per heavy atom. The van der Waals surface area contributed by atoms with Crippen molar-refractivity contribution in [1.29, 1.82) is 0 Å². The Hall–Kier alpha value is -3.57. The van der Waals surface area contributed by atoms with Gasteiger partial charge in [0.1, 0.15) is 0 Å². The summed E-state index contributed by atoms with van der Waals surface area (Å²) in [7, 11) is 0. The first-order chi connectivity index (χ1) is 19.3. The molecule has 0 N–H and O–H groups in total. The van der Waals surface area contributed by atoms with Gasteiger partial charge < -0.3 is 14.7 Å². The second-order valence-corrected chi connectivity index (χ2v) is 10.7. The molecule has 0 aromatic heterocycles. The highest BCUT2D eigenvalue weighted by atomic mass is 19.4. The van der Waals surface area contributed by atoms with Gasteiger partial charge in [0.15, 0.2) is 0 Å². The summed E-state index contributed by atoms with van der Waals surface area (Å²) in [4.78, 5) is 43.4. The number of anilines is 3. The van der Waals surface area contributed by atoms with Gasteiger partial charge in [-0.15, -0.1) is 0 Å². The minimum atomic E-state index is -5.07. The van der Waals surface area contributed by atoms with Gasteiger partial charge >= 0.3 is 12.4 Å². The largest absolute Gasteiger partial charge is 0.416 e. The van der Waals surface area contributed by atoms with Gasteiger partial charge in [0.2, 0.25) is 17.7 Å². The summed E-state index contributed by atoms with van der Waals surface area (Å²) in [5.74, 6) is -0.781. The minimum Gasteiger partial charge on any atom is -0.312 e. The molecule has 0 atom stereocenters. The highest BCUT2D eigenvalue weighted by Crippen LogP contribution is 2.46. The first kappa shape index (κ1) is 28.9. The summed E-state index contributed by atoms with van der Waals surface area (Å²) in [6.07, 6.45) is -5.66. The van der Waals surface area contributed by atoms with Crippen molar-refractivity contribution >= 4 is 34.8 Å². The van der Waals surface area contributed by atoms with Gasteiger partial charge in [-0.05, 0) is 74.4 Å². The van der Waals surface area contributed by atoms with Crippen LogP contribution < -0.4 is 14.7 Å². The summed E-state index contributed by atoms with van der Waals surface area (Å²) < 4.78 is 82.9. The van der Waals surface area contributed by atoms with E-state index in [1.807, 2.05) is 0 Å². The molecular weight excluding hydrogens is 552 g/mol. The molecule has 2 aromatic rings. The van der Waals surface area contributed by atoms with E-state index >= 15 is 0 Å². The number of piperidine rings is 3. The summed E-state index contributed by atoms with van der Waals surface area (Å²) in [6.45, 7) is 0.834. The van der Waals surface area contributed by atoms with Crippen LogP contribution in [-0.4, -0.2) is 37.4 Å². The van der Waals surface area contributed by atoms with E-state index in [9.17, 15) is 40.7 Å². The Labute approximate surface area is 232 Å². The summed E-state index contributed by atoms with van der Waals surface area (Å²) in [5, 5.41) is 0. The quantitative estimate of drug-likeness (QED) is 0.368. The predicted molar refractivity (Wildman–Crippen MR) is 140 cm³/mol. The lowest BCUT2D eigenvalue weighted by molar-refractivity contribution is -0.143. The molecule has 3 aliphatic rings. The molecule has 41 heavy (non-hydrogen) atoms. The van der Waals surface area contributed by atoms with Crippen LogP contribution in [-0.2, 0) is 26.7 Å². The Kier molecular flexibility index (Phi) is 7.78. The number of hydrogen-bond donors (Lipinski definition) is 0. The van der Waals surface area contributed by atoms with E-state index in [0.717, 1.165) is 0 Å². The Morgan fingerprint density at radius 1 is 0.488 bits per heavy atom. The van der Waals surface area contributed by atoms with Crippen LogP contribution in [0, 0.1) is 0 Å². The van der Waals surface area contributed by atoms with Gasteiger partial charge in [-0.1, -0.05) is 0 Å². The zero-order valence-electron chi connectivity index (χ0n) is 22.2. The molecule has 3 amide bonds. The van der Waals surface area contributed by atoms with Gasteiger partial charge in [-0.25, -0.2) is 0 Å². The van der Waals surface area contributed by atoms with Crippen LogP contribution in [0.4, 0.5) is 43.4 Å². The number of carbonyl (C=O) groups is 3. The van der Waals surface area contributed by atoms with Crippen LogP contribution >= 0.6 is 0 Å². The number of carbonyl (C=O) groups excluding carboxylic acids is 3. The van der Waals surface area contributed by atoms with E-state index in [-0.39, 0.29) is 78.6 Å². The molecule has 12 heteroatoms. The lowest BCUT2D eigenvalue weighted by Gasteiger charge is -2.37. The first-order valence-electron chi connectivity index (χ1n) is 13.7. The van der Waals surface area contributed by atoms with Crippen LogP contribution in [0.25, 0.3) is 11.1 Å². The van der Waals surface area contributed by atoms with Crippen molar-refractivity contribution in [3.05, 3.63) is 41.5 Å². The van der Waals surface area contributed by atoms with Crippen LogP contribution in [0.2, 0.25) is 0 Å². The van der Waals surface area contributed by atoms with Gasteiger partial charge in [-0.3, -0.25) is 14.4 Å². The Morgan fingerprint density at radius 2 is 0.878 bits per heavy atom. The van der Waals surface area contributed by atoms with Gasteiger partial charge in [0.05, 0.1) is 28.2 Å². The molecule has 0 saturated carbocycles. The molecule has 3 fully saturated rings. The van der Waals surface area contributed by atoms with Crippen molar-refractivity contribution in [2.45, 2.75) is 70.1 Å². The molecule has 6 nitrogen and oxygen atoms in total. The lowest BCUT2D eigenvalue weighted by atomic mass is 9.94. The first-order valence-corrected chi connectivity index (χ1v) is 13.7. The zero-order valence-corrected chi connectivity index (χ0v) is 22.2. The van der Waals surface area contributed by atoms with E-state index in [1.165, 1.54) is 26.8 Å². The number of nitrogens with zero attached hydrogens (tertiary/aromatic N) is 3. The molecular formula is C29H29F6N3O3. The zero-order chi connectivity index (χ0) is 29.5. The van der Waals surface area contributed by atoms with Crippen molar-refractivity contribution in [1.82, 2.24) is 0 Å². The average molecular weight is 582 g/mol. The van der Waals surface area contributed by atoms with Crippen LogP contribution in [0.5, 0.6) is 0 Å². The third-order valence-corrected chi connectivity index (χ3v) is 7.83. The fraction of sp³-hybridized carbons (Fsp3) is 0.483. The SMILES string of the molecule is O=C1CCCCN1c1cc(N2CCCCC2=O)c(N2CCCCC2=O)cc1-c1cc(C(F)(F)F)cc(C(F)(F)F)c1. The lowest BCUT2D eigenvalue weighted by Crippen LogP contribution is -2.40.